The molecule has 0 aliphatic rings. The Bertz CT molecular complexity index is 458. The first-order chi connectivity index (χ1) is 13.4. The second-order valence-electron chi connectivity index (χ2n) is 7.57. The molecule has 160 valence electrons. The lowest BCUT2D eigenvalue weighted by molar-refractivity contribution is 0.535. The van der Waals surface area contributed by atoms with E-state index in [-0.39, 0.29) is 12.4 Å². The standard InChI is InChI=1S/C20H37N.C5H5N.ClH/c1-2-3-4-5-6-7-8-9-10-11-12-13-14-15-17-20-18-16-19-21-20;1-2-4-6-5-3-1;/h16,18-19,21H,2-15,17H2,1H3;1-5H;1H. The third kappa shape index (κ3) is 18.1. The molecule has 0 aromatic carbocycles. The van der Waals surface area contributed by atoms with Crippen molar-refractivity contribution < 1.29 is 0 Å². The smallest absolute Gasteiger partial charge is 0.0267 e. The SMILES string of the molecule is CCCCCCCCCCCCCCCCc1ccc[nH]1.Cl.c1ccncc1. The van der Waals surface area contributed by atoms with Gasteiger partial charge in [-0.25, -0.2) is 0 Å². The number of hydrogen-bond acceptors (Lipinski definition) is 1. The lowest BCUT2D eigenvalue weighted by Gasteiger charge is -2.03. The van der Waals surface area contributed by atoms with Crippen molar-refractivity contribution in [3.63, 3.8) is 0 Å². The first-order valence-electron chi connectivity index (χ1n) is 11.4. The zero-order valence-electron chi connectivity index (χ0n) is 18.1. The highest BCUT2D eigenvalue weighted by Crippen LogP contribution is 2.13. The fourth-order valence-corrected chi connectivity index (χ4v) is 3.35. The Kier molecular flexibility index (Phi) is 21.0. The molecule has 0 atom stereocenters. The molecule has 3 heteroatoms. The van der Waals surface area contributed by atoms with E-state index in [1.54, 1.807) is 12.4 Å². The van der Waals surface area contributed by atoms with Gasteiger partial charge in [0.25, 0.3) is 0 Å². The average Bonchev–Trinajstić information content (AvgIpc) is 3.24. The molecule has 0 bridgehead atoms. The average molecular weight is 407 g/mol. The highest BCUT2D eigenvalue weighted by Gasteiger charge is 1.95. The first kappa shape index (κ1) is 26.7. The zero-order valence-corrected chi connectivity index (χ0v) is 18.9. The molecule has 2 aromatic rings. The van der Waals surface area contributed by atoms with Crippen LogP contribution >= 0.6 is 12.4 Å². The van der Waals surface area contributed by atoms with Crippen molar-refractivity contribution in [1.29, 1.82) is 0 Å². The maximum atomic E-state index is 3.78. The maximum absolute atomic E-state index is 3.78. The highest BCUT2D eigenvalue weighted by molar-refractivity contribution is 5.85. The molecule has 0 unspecified atom stereocenters. The predicted molar refractivity (Wildman–Crippen MR) is 126 cm³/mol. The quantitative estimate of drug-likeness (QED) is 0.295. The largest absolute Gasteiger partial charge is 0.365 e. The van der Waals surface area contributed by atoms with Crippen molar-refractivity contribution in [3.05, 3.63) is 54.6 Å². The topological polar surface area (TPSA) is 28.7 Å². The van der Waals surface area contributed by atoms with Gasteiger partial charge in [-0.05, 0) is 37.1 Å². The number of halogens is 1. The van der Waals surface area contributed by atoms with Crippen LogP contribution in [0, 0.1) is 0 Å². The number of unbranched alkanes of at least 4 members (excludes halogenated alkanes) is 13. The summed E-state index contributed by atoms with van der Waals surface area (Å²) >= 11 is 0. The van der Waals surface area contributed by atoms with Crippen LogP contribution < -0.4 is 0 Å². The minimum Gasteiger partial charge on any atom is -0.365 e. The number of aromatic amines is 1. The van der Waals surface area contributed by atoms with Crippen LogP contribution in [-0.2, 0) is 6.42 Å². The Morgan fingerprint density at radius 2 is 1.14 bits per heavy atom. The molecule has 2 nitrogen and oxygen atoms in total. The number of H-pyrrole nitrogens is 1. The van der Waals surface area contributed by atoms with E-state index in [1.807, 2.05) is 24.4 Å². The summed E-state index contributed by atoms with van der Waals surface area (Å²) in [5.74, 6) is 0. The summed E-state index contributed by atoms with van der Waals surface area (Å²) < 4.78 is 0. The Morgan fingerprint density at radius 1 is 0.643 bits per heavy atom. The molecule has 0 aliphatic heterocycles. The van der Waals surface area contributed by atoms with Gasteiger partial charge in [-0.1, -0.05) is 96.5 Å². The van der Waals surface area contributed by atoms with Crippen LogP contribution in [0.1, 0.15) is 103 Å². The van der Waals surface area contributed by atoms with E-state index in [9.17, 15) is 0 Å². The summed E-state index contributed by atoms with van der Waals surface area (Å²) in [6.45, 7) is 2.29. The van der Waals surface area contributed by atoms with Gasteiger partial charge in [-0.15, -0.1) is 12.4 Å². The van der Waals surface area contributed by atoms with Crippen molar-refractivity contribution >= 4 is 12.4 Å². The van der Waals surface area contributed by atoms with Crippen LogP contribution in [0.15, 0.2) is 48.9 Å². The van der Waals surface area contributed by atoms with Gasteiger partial charge in [0.1, 0.15) is 0 Å². The molecule has 0 spiro atoms. The fraction of sp³-hybridized carbons (Fsp3) is 0.640. The lowest BCUT2D eigenvalue weighted by Crippen LogP contribution is -1.86. The summed E-state index contributed by atoms with van der Waals surface area (Å²) in [4.78, 5) is 7.07. The van der Waals surface area contributed by atoms with E-state index in [2.05, 4.69) is 29.0 Å². The van der Waals surface area contributed by atoms with Crippen LogP contribution in [0.2, 0.25) is 0 Å². The molecule has 2 heterocycles. The van der Waals surface area contributed by atoms with Gasteiger partial charge in [-0.2, -0.15) is 0 Å². The van der Waals surface area contributed by atoms with E-state index in [1.165, 1.54) is 102 Å². The van der Waals surface area contributed by atoms with Crippen molar-refractivity contribution in [2.24, 2.45) is 0 Å². The van der Waals surface area contributed by atoms with Crippen LogP contribution in [0.25, 0.3) is 0 Å². The fourth-order valence-electron chi connectivity index (χ4n) is 3.35. The van der Waals surface area contributed by atoms with E-state index in [0.29, 0.717) is 0 Å². The lowest BCUT2D eigenvalue weighted by atomic mass is 10.0. The normalized spacial score (nSPS) is 10.0. The van der Waals surface area contributed by atoms with Gasteiger partial charge in [0, 0.05) is 24.3 Å². The number of nitrogens with zero attached hydrogens (tertiary/aromatic N) is 1. The van der Waals surface area contributed by atoms with Gasteiger partial charge < -0.3 is 4.98 Å². The maximum Gasteiger partial charge on any atom is 0.0267 e. The van der Waals surface area contributed by atoms with Crippen LogP contribution in [-0.4, -0.2) is 9.97 Å². The molecular formula is C25H43ClN2. The van der Waals surface area contributed by atoms with E-state index >= 15 is 0 Å². The molecule has 2 rings (SSSR count). The minimum absolute atomic E-state index is 0. The summed E-state index contributed by atoms with van der Waals surface area (Å²) in [5, 5.41) is 0. The van der Waals surface area contributed by atoms with Crippen molar-refractivity contribution in [2.75, 3.05) is 0 Å². The number of aromatic nitrogens is 2. The molecule has 0 saturated heterocycles. The number of aryl methyl sites for hydroxylation is 1. The minimum atomic E-state index is 0. The Labute approximate surface area is 180 Å². The van der Waals surface area contributed by atoms with Crippen molar-refractivity contribution in [1.82, 2.24) is 9.97 Å². The van der Waals surface area contributed by atoms with Crippen LogP contribution in [0.5, 0.6) is 0 Å². The predicted octanol–water partition coefficient (Wildman–Crippen LogP) is 8.54. The van der Waals surface area contributed by atoms with Gasteiger partial charge in [-0.3, -0.25) is 4.98 Å². The van der Waals surface area contributed by atoms with E-state index in [0.717, 1.165) is 0 Å². The molecular weight excluding hydrogens is 364 g/mol. The monoisotopic (exact) mass is 406 g/mol. The summed E-state index contributed by atoms with van der Waals surface area (Å²) in [6, 6.07) is 10.0. The zero-order chi connectivity index (χ0) is 19.3. The molecule has 0 aliphatic carbocycles. The van der Waals surface area contributed by atoms with Crippen LogP contribution in [0.3, 0.4) is 0 Å². The molecule has 0 amide bonds. The third-order valence-corrected chi connectivity index (χ3v) is 5.03. The first-order valence-corrected chi connectivity index (χ1v) is 11.4. The highest BCUT2D eigenvalue weighted by atomic mass is 35.5. The molecule has 28 heavy (non-hydrogen) atoms. The number of hydrogen-bond donors (Lipinski definition) is 1. The van der Waals surface area contributed by atoms with Crippen molar-refractivity contribution in [3.8, 4) is 0 Å². The molecule has 0 saturated carbocycles. The number of rotatable bonds is 15. The summed E-state index contributed by atoms with van der Waals surface area (Å²) in [6.07, 6.45) is 26.9. The molecule has 2 aromatic heterocycles. The molecule has 0 fully saturated rings. The van der Waals surface area contributed by atoms with Gasteiger partial charge in [0.05, 0.1) is 0 Å². The second kappa shape index (κ2) is 22.0. The van der Waals surface area contributed by atoms with E-state index < -0.39 is 0 Å². The summed E-state index contributed by atoms with van der Waals surface area (Å²) in [7, 11) is 0. The number of nitrogens with one attached hydrogen (secondary N) is 1. The van der Waals surface area contributed by atoms with Gasteiger partial charge in [0.2, 0.25) is 0 Å². The van der Waals surface area contributed by atoms with E-state index in [4.69, 9.17) is 0 Å². The Hall–Kier alpha value is -1.28. The van der Waals surface area contributed by atoms with Gasteiger partial charge >= 0.3 is 0 Å². The molecule has 0 radical (unpaired) electrons. The Morgan fingerprint density at radius 3 is 1.50 bits per heavy atom. The summed E-state index contributed by atoms with van der Waals surface area (Å²) in [5.41, 5.74) is 1.40. The molecule has 1 N–H and O–H groups in total. The Balaban J connectivity index is 0.000000884. The third-order valence-electron chi connectivity index (χ3n) is 5.03. The van der Waals surface area contributed by atoms with Crippen molar-refractivity contribution in [2.45, 2.75) is 103 Å². The second-order valence-corrected chi connectivity index (χ2v) is 7.57. The van der Waals surface area contributed by atoms with Gasteiger partial charge in [0.15, 0.2) is 0 Å². The number of pyridine rings is 1. The van der Waals surface area contributed by atoms with Crippen LogP contribution in [0.4, 0.5) is 0 Å².